The summed E-state index contributed by atoms with van der Waals surface area (Å²) in [5, 5.41) is 34.9. The zero-order chi connectivity index (χ0) is 9.72. The van der Waals surface area contributed by atoms with Gasteiger partial charge in [-0.2, -0.15) is 0 Å². The first-order valence-corrected chi connectivity index (χ1v) is 3.65. The van der Waals surface area contributed by atoms with Crippen LogP contribution in [0.3, 0.4) is 0 Å². The maximum atomic E-state index is 10.8. The van der Waals surface area contributed by atoms with Gasteiger partial charge >= 0.3 is 0 Å². The normalized spacial score (nSPS) is 18.4. The van der Waals surface area contributed by atoms with Crippen molar-refractivity contribution in [2.24, 2.45) is 5.92 Å². The summed E-state index contributed by atoms with van der Waals surface area (Å²) in [5.74, 6) is -1.42. The largest absolute Gasteiger partial charge is 0.394 e. The minimum Gasteiger partial charge on any atom is -0.394 e. The lowest BCUT2D eigenvalue weighted by atomic mass is 9.96. The Hall–Kier alpha value is -0.490. The Bertz CT molecular complexity index is 147. The second kappa shape index (κ2) is 5.21. The quantitative estimate of drug-likeness (QED) is 0.386. The van der Waals surface area contributed by atoms with E-state index >= 15 is 0 Å². The molecule has 5 heteroatoms. The van der Waals surface area contributed by atoms with Crippen LogP contribution in [0.25, 0.3) is 0 Å². The molecule has 0 saturated carbocycles. The van der Waals surface area contributed by atoms with E-state index in [0.29, 0.717) is 0 Å². The van der Waals surface area contributed by atoms with Crippen molar-refractivity contribution in [1.82, 2.24) is 0 Å². The third kappa shape index (κ3) is 2.86. The number of carbonyl (C=O) groups excluding carboxylic acids is 1. The van der Waals surface area contributed by atoms with E-state index in [4.69, 9.17) is 20.4 Å². The van der Waals surface area contributed by atoms with Crippen LogP contribution in [0.2, 0.25) is 0 Å². The van der Waals surface area contributed by atoms with Gasteiger partial charge in [0, 0.05) is 5.92 Å². The van der Waals surface area contributed by atoms with Crippen LogP contribution >= 0.6 is 0 Å². The Morgan fingerprint density at radius 2 is 1.83 bits per heavy atom. The van der Waals surface area contributed by atoms with E-state index < -0.39 is 37.1 Å². The molecule has 12 heavy (non-hydrogen) atoms. The van der Waals surface area contributed by atoms with Crippen molar-refractivity contribution in [3.63, 3.8) is 0 Å². The minimum absolute atomic E-state index is 0.560. The van der Waals surface area contributed by atoms with Gasteiger partial charge in [-0.25, -0.2) is 0 Å². The SMILES string of the molecule is C[C@H](C(=O)CO)[C@H](O)[C@H](O)CO. The number of rotatable bonds is 5. The van der Waals surface area contributed by atoms with Gasteiger partial charge in [0.2, 0.25) is 0 Å². The second-order valence-electron chi connectivity index (χ2n) is 2.65. The molecule has 0 aliphatic rings. The molecule has 72 valence electrons. The van der Waals surface area contributed by atoms with E-state index in [2.05, 4.69) is 0 Å². The Balaban J connectivity index is 4.08. The summed E-state index contributed by atoms with van der Waals surface area (Å²) in [6.07, 6.45) is -2.66. The summed E-state index contributed by atoms with van der Waals surface area (Å²) < 4.78 is 0. The zero-order valence-corrected chi connectivity index (χ0v) is 6.84. The highest BCUT2D eigenvalue weighted by Gasteiger charge is 2.26. The minimum atomic E-state index is -1.34. The molecule has 0 aromatic carbocycles. The Morgan fingerprint density at radius 3 is 2.17 bits per heavy atom. The first-order chi connectivity index (χ1) is 5.54. The van der Waals surface area contributed by atoms with Gasteiger partial charge in [-0.1, -0.05) is 6.92 Å². The maximum Gasteiger partial charge on any atom is 0.163 e. The number of ketones is 1. The Labute approximate surface area is 70.3 Å². The molecule has 4 N–H and O–H groups in total. The molecule has 0 unspecified atom stereocenters. The number of hydrogen-bond acceptors (Lipinski definition) is 5. The van der Waals surface area contributed by atoms with E-state index in [1.165, 1.54) is 6.92 Å². The average molecular weight is 178 g/mol. The molecule has 0 spiro atoms. The molecule has 0 saturated heterocycles. The van der Waals surface area contributed by atoms with Crippen molar-refractivity contribution >= 4 is 5.78 Å². The second-order valence-corrected chi connectivity index (χ2v) is 2.65. The van der Waals surface area contributed by atoms with Gasteiger partial charge in [0.25, 0.3) is 0 Å². The highest BCUT2D eigenvalue weighted by Crippen LogP contribution is 2.08. The summed E-state index contributed by atoms with van der Waals surface area (Å²) in [6.45, 7) is 0.0999. The highest BCUT2D eigenvalue weighted by molar-refractivity contribution is 5.82. The van der Waals surface area contributed by atoms with Crippen LogP contribution in [-0.2, 0) is 4.79 Å². The first-order valence-electron chi connectivity index (χ1n) is 3.65. The number of aliphatic hydroxyl groups excluding tert-OH is 4. The molecule has 0 aliphatic carbocycles. The van der Waals surface area contributed by atoms with Gasteiger partial charge in [0.15, 0.2) is 5.78 Å². The van der Waals surface area contributed by atoms with E-state index in [1.54, 1.807) is 0 Å². The molecule has 0 aromatic rings. The van der Waals surface area contributed by atoms with Gasteiger partial charge in [0.1, 0.15) is 12.7 Å². The fourth-order valence-electron chi connectivity index (χ4n) is 0.776. The predicted molar refractivity (Wildman–Crippen MR) is 40.4 cm³/mol. The molecule has 0 rings (SSSR count). The van der Waals surface area contributed by atoms with E-state index in [-0.39, 0.29) is 0 Å². The van der Waals surface area contributed by atoms with Gasteiger partial charge in [-0.05, 0) is 0 Å². The summed E-state index contributed by atoms with van der Waals surface area (Å²) in [6, 6.07) is 0. The smallest absolute Gasteiger partial charge is 0.163 e. The third-order valence-electron chi connectivity index (χ3n) is 1.76. The van der Waals surface area contributed by atoms with Crippen LogP contribution in [0.15, 0.2) is 0 Å². The summed E-state index contributed by atoms with van der Waals surface area (Å²) in [4.78, 5) is 10.8. The summed E-state index contributed by atoms with van der Waals surface area (Å²) in [7, 11) is 0. The van der Waals surface area contributed by atoms with E-state index in [1.807, 2.05) is 0 Å². The van der Waals surface area contributed by atoms with Crippen molar-refractivity contribution in [3.8, 4) is 0 Å². The van der Waals surface area contributed by atoms with Crippen LogP contribution in [-0.4, -0.2) is 51.6 Å². The van der Waals surface area contributed by atoms with Crippen molar-refractivity contribution in [2.45, 2.75) is 19.1 Å². The number of hydrogen-bond donors (Lipinski definition) is 4. The zero-order valence-electron chi connectivity index (χ0n) is 6.84. The van der Waals surface area contributed by atoms with Gasteiger partial charge in [0.05, 0.1) is 12.7 Å². The molecule has 0 amide bonds. The van der Waals surface area contributed by atoms with Gasteiger partial charge in [-0.3, -0.25) is 4.79 Å². The monoisotopic (exact) mass is 178 g/mol. The summed E-state index contributed by atoms with van der Waals surface area (Å²) in [5.41, 5.74) is 0. The van der Waals surface area contributed by atoms with Crippen molar-refractivity contribution in [2.75, 3.05) is 13.2 Å². The fourth-order valence-corrected chi connectivity index (χ4v) is 0.776. The van der Waals surface area contributed by atoms with Gasteiger partial charge < -0.3 is 20.4 Å². The maximum absolute atomic E-state index is 10.8. The molecule has 0 bridgehead atoms. The molecular weight excluding hydrogens is 164 g/mol. The lowest BCUT2D eigenvalue weighted by molar-refractivity contribution is -0.132. The molecular formula is C7H14O5. The van der Waals surface area contributed by atoms with Crippen LogP contribution in [0.4, 0.5) is 0 Å². The van der Waals surface area contributed by atoms with Crippen molar-refractivity contribution in [3.05, 3.63) is 0 Å². The molecule has 0 fully saturated rings. The van der Waals surface area contributed by atoms with Crippen LogP contribution in [0, 0.1) is 5.92 Å². The first kappa shape index (κ1) is 11.5. The molecule has 0 aromatic heterocycles. The topological polar surface area (TPSA) is 98.0 Å². The highest BCUT2D eigenvalue weighted by atomic mass is 16.4. The lowest BCUT2D eigenvalue weighted by Gasteiger charge is -2.20. The third-order valence-corrected chi connectivity index (χ3v) is 1.76. The van der Waals surface area contributed by atoms with Crippen LogP contribution < -0.4 is 0 Å². The molecule has 0 radical (unpaired) electrons. The number of carbonyl (C=O) groups is 1. The number of aliphatic hydroxyl groups is 4. The Kier molecular flexibility index (Phi) is 5.00. The van der Waals surface area contributed by atoms with E-state index in [0.717, 1.165) is 0 Å². The van der Waals surface area contributed by atoms with Crippen LogP contribution in [0.5, 0.6) is 0 Å². The Morgan fingerprint density at radius 1 is 1.33 bits per heavy atom. The molecule has 0 aliphatic heterocycles. The molecule has 0 heterocycles. The van der Waals surface area contributed by atoms with Crippen molar-refractivity contribution in [1.29, 1.82) is 0 Å². The fraction of sp³-hybridized carbons (Fsp3) is 0.857. The predicted octanol–water partition coefficient (Wildman–Crippen LogP) is -2.10. The molecule has 3 atom stereocenters. The lowest BCUT2D eigenvalue weighted by Crippen LogP contribution is -2.39. The van der Waals surface area contributed by atoms with Gasteiger partial charge in [-0.15, -0.1) is 0 Å². The van der Waals surface area contributed by atoms with Crippen molar-refractivity contribution < 1.29 is 25.2 Å². The summed E-state index contributed by atoms with van der Waals surface area (Å²) >= 11 is 0. The number of Topliss-reactive ketones (excluding diaryl/α,β-unsaturated/α-hetero) is 1. The van der Waals surface area contributed by atoms with Crippen LogP contribution in [0.1, 0.15) is 6.92 Å². The average Bonchev–Trinajstić information content (AvgIpc) is 2.12. The van der Waals surface area contributed by atoms with E-state index in [9.17, 15) is 4.79 Å². The standard InChI is InChI=1S/C7H14O5/c1-4(5(10)2-8)7(12)6(11)3-9/h4,6-9,11-12H,2-3H2,1H3/t4-,6-,7+/m1/s1. The molecule has 5 nitrogen and oxygen atoms in total.